The summed E-state index contributed by atoms with van der Waals surface area (Å²) in [7, 11) is 0. The Bertz CT molecular complexity index is 597. The third-order valence-electron chi connectivity index (χ3n) is 2.60. The first-order chi connectivity index (χ1) is 8.47. The third kappa shape index (κ3) is 2.40. The van der Waals surface area contributed by atoms with E-state index >= 15 is 0 Å². The van der Waals surface area contributed by atoms with Crippen molar-refractivity contribution in [1.82, 2.24) is 4.98 Å². The first-order valence-electron chi connectivity index (χ1n) is 5.42. The molecule has 0 saturated carbocycles. The summed E-state index contributed by atoms with van der Waals surface area (Å²) in [5.41, 5.74) is 7.17. The maximum Gasteiger partial charge on any atom is 0.147 e. The number of nitrogen functional groups attached to an aromatic ring is 1. The van der Waals surface area contributed by atoms with Crippen molar-refractivity contribution < 1.29 is 8.78 Å². The molecule has 1 aromatic carbocycles. The van der Waals surface area contributed by atoms with E-state index in [4.69, 9.17) is 5.73 Å². The molecule has 0 bridgehead atoms. The van der Waals surface area contributed by atoms with Gasteiger partial charge in [-0.2, -0.15) is 0 Å². The molecule has 0 unspecified atom stereocenters. The second kappa shape index (κ2) is 4.60. The van der Waals surface area contributed by atoms with Crippen LogP contribution >= 0.6 is 0 Å². The molecule has 3 nitrogen and oxygen atoms in total. The van der Waals surface area contributed by atoms with Gasteiger partial charge in [-0.3, -0.25) is 0 Å². The van der Waals surface area contributed by atoms with Crippen LogP contribution in [0.4, 0.5) is 26.0 Å². The molecule has 0 aliphatic rings. The van der Waals surface area contributed by atoms with Crippen molar-refractivity contribution in [2.75, 3.05) is 11.1 Å². The van der Waals surface area contributed by atoms with Crippen LogP contribution in [-0.4, -0.2) is 4.98 Å². The molecule has 2 aromatic rings. The standard InChI is InChI=1S/C13H13F2N3/c1-7-4-11(15)12(5-10(7)14)18-13-8(2)3-9(16)6-17-13/h3-6H,16H2,1-2H3,(H,17,18). The van der Waals surface area contributed by atoms with Crippen molar-refractivity contribution in [1.29, 1.82) is 0 Å². The summed E-state index contributed by atoms with van der Waals surface area (Å²) in [6, 6.07) is 3.96. The number of anilines is 3. The first-order valence-corrected chi connectivity index (χ1v) is 5.42. The SMILES string of the molecule is Cc1cc(F)c(Nc2ncc(N)cc2C)cc1F. The minimum absolute atomic E-state index is 0.0541. The number of nitrogens with one attached hydrogen (secondary N) is 1. The van der Waals surface area contributed by atoms with Crippen LogP contribution in [0, 0.1) is 25.5 Å². The molecule has 1 heterocycles. The summed E-state index contributed by atoms with van der Waals surface area (Å²) in [4.78, 5) is 4.04. The minimum atomic E-state index is -0.521. The summed E-state index contributed by atoms with van der Waals surface area (Å²) in [6.45, 7) is 3.29. The van der Waals surface area contributed by atoms with Crippen LogP contribution in [0.3, 0.4) is 0 Å². The Hall–Kier alpha value is -2.17. The van der Waals surface area contributed by atoms with Gasteiger partial charge < -0.3 is 11.1 Å². The Kier molecular flexibility index (Phi) is 3.14. The van der Waals surface area contributed by atoms with E-state index in [9.17, 15) is 8.78 Å². The molecule has 18 heavy (non-hydrogen) atoms. The van der Waals surface area contributed by atoms with Crippen molar-refractivity contribution in [3.63, 3.8) is 0 Å². The molecule has 5 heteroatoms. The normalized spacial score (nSPS) is 10.4. The van der Waals surface area contributed by atoms with E-state index in [1.54, 1.807) is 13.0 Å². The maximum absolute atomic E-state index is 13.6. The average molecular weight is 249 g/mol. The number of benzene rings is 1. The van der Waals surface area contributed by atoms with Gasteiger partial charge in [-0.05, 0) is 37.1 Å². The number of halogens is 2. The predicted molar refractivity (Wildman–Crippen MR) is 67.8 cm³/mol. The lowest BCUT2D eigenvalue weighted by Gasteiger charge is -2.10. The van der Waals surface area contributed by atoms with E-state index in [2.05, 4.69) is 10.3 Å². The van der Waals surface area contributed by atoms with Gasteiger partial charge in [-0.25, -0.2) is 13.8 Å². The molecule has 0 fully saturated rings. The number of nitrogens with two attached hydrogens (primary N) is 1. The van der Waals surface area contributed by atoms with Gasteiger partial charge in [0.15, 0.2) is 0 Å². The molecule has 0 aliphatic heterocycles. The number of aromatic nitrogens is 1. The van der Waals surface area contributed by atoms with E-state index in [-0.39, 0.29) is 11.3 Å². The van der Waals surface area contributed by atoms with Gasteiger partial charge >= 0.3 is 0 Å². The van der Waals surface area contributed by atoms with Crippen LogP contribution in [0.5, 0.6) is 0 Å². The first kappa shape index (κ1) is 12.3. The zero-order chi connectivity index (χ0) is 13.3. The second-order valence-corrected chi connectivity index (χ2v) is 4.14. The Morgan fingerprint density at radius 3 is 2.44 bits per heavy atom. The van der Waals surface area contributed by atoms with Gasteiger partial charge in [0.05, 0.1) is 17.6 Å². The second-order valence-electron chi connectivity index (χ2n) is 4.14. The van der Waals surface area contributed by atoms with Crippen molar-refractivity contribution >= 4 is 17.2 Å². The molecule has 0 radical (unpaired) electrons. The van der Waals surface area contributed by atoms with Crippen LogP contribution in [0.1, 0.15) is 11.1 Å². The van der Waals surface area contributed by atoms with Crippen LogP contribution < -0.4 is 11.1 Å². The third-order valence-corrected chi connectivity index (χ3v) is 2.60. The molecule has 3 N–H and O–H groups in total. The van der Waals surface area contributed by atoms with Crippen molar-refractivity contribution in [3.8, 4) is 0 Å². The summed E-state index contributed by atoms with van der Waals surface area (Å²) < 4.78 is 27.0. The highest BCUT2D eigenvalue weighted by Crippen LogP contribution is 2.24. The Balaban J connectivity index is 2.37. The topological polar surface area (TPSA) is 50.9 Å². The van der Waals surface area contributed by atoms with Crippen LogP contribution in [0.2, 0.25) is 0 Å². The number of nitrogens with zero attached hydrogens (tertiary/aromatic N) is 1. The van der Waals surface area contributed by atoms with Gasteiger partial charge in [-0.15, -0.1) is 0 Å². The van der Waals surface area contributed by atoms with Gasteiger partial charge in [0, 0.05) is 6.07 Å². The molecule has 0 aliphatic carbocycles. The van der Waals surface area contributed by atoms with E-state index in [0.717, 1.165) is 17.7 Å². The summed E-state index contributed by atoms with van der Waals surface area (Å²) in [5.74, 6) is -0.537. The highest BCUT2D eigenvalue weighted by Gasteiger charge is 2.09. The van der Waals surface area contributed by atoms with Crippen LogP contribution in [-0.2, 0) is 0 Å². The van der Waals surface area contributed by atoms with E-state index < -0.39 is 11.6 Å². The summed E-state index contributed by atoms with van der Waals surface area (Å²) >= 11 is 0. The van der Waals surface area contributed by atoms with Gasteiger partial charge in [0.1, 0.15) is 17.5 Å². The molecule has 2 rings (SSSR count). The molecule has 0 spiro atoms. The summed E-state index contributed by atoms with van der Waals surface area (Å²) in [5, 5.41) is 2.75. The maximum atomic E-state index is 13.6. The zero-order valence-corrected chi connectivity index (χ0v) is 10.1. The van der Waals surface area contributed by atoms with E-state index in [1.165, 1.54) is 13.1 Å². The smallest absolute Gasteiger partial charge is 0.147 e. The quantitative estimate of drug-likeness (QED) is 0.858. The fourth-order valence-corrected chi connectivity index (χ4v) is 1.60. The number of hydrogen-bond donors (Lipinski definition) is 2. The van der Waals surface area contributed by atoms with Gasteiger partial charge in [-0.1, -0.05) is 0 Å². The minimum Gasteiger partial charge on any atom is -0.397 e. The molecule has 0 amide bonds. The highest BCUT2D eigenvalue weighted by atomic mass is 19.1. The van der Waals surface area contributed by atoms with Gasteiger partial charge in [0.25, 0.3) is 0 Å². The predicted octanol–water partition coefficient (Wildman–Crippen LogP) is 3.30. The van der Waals surface area contributed by atoms with Crippen LogP contribution in [0.25, 0.3) is 0 Å². The molecule has 94 valence electrons. The Morgan fingerprint density at radius 2 is 1.78 bits per heavy atom. The molecule has 0 saturated heterocycles. The molecule has 0 atom stereocenters. The van der Waals surface area contributed by atoms with Gasteiger partial charge in [0.2, 0.25) is 0 Å². The molecular formula is C13H13F2N3. The lowest BCUT2D eigenvalue weighted by molar-refractivity contribution is 0.595. The van der Waals surface area contributed by atoms with Crippen molar-refractivity contribution in [2.45, 2.75) is 13.8 Å². The fraction of sp³-hybridized carbons (Fsp3) is 0.154. The Morgan fingerprint density at radius 1 is 1.06 bits per heavy atom. The van der Waals surface area contributed by atoms with E-state index in [0.29, 0.717) is 11.5 Å². The largest absolute Gasteiger partial charge is 0.397 e. The number of rotatable bonds is 2. The molecule has 1 aromatic heterocycles. The number of hydrogen-bond acceptors (Lipinski definition) is 3. The fourth-order valence-electron chi connectivity index (χ4n) is 1.60. The number of pyridine rings is 1. The zero-order valence-electron chi connectivity index (χ0n) is 10.1. The summed E-state index contributed by atoms with van der Waals surface area (Å²) in [6.07, 6.45) is 1.46. The molecular weight excluding hydrogens is 236 g/mol. The Labute approximate surface area is 104 Å². The van der Waals surface area contributed by atoms with E-state index in [1.807, 2.05) is 0 Å². The monoisotopic (exact) mass is 249 g/mol. The van der Waals surface area contributed by atoms with Crippen molar-refractivity contribution in [2.24, 2.45) is 0 Å². The average Bonchev–Trinajstić information content (AvgIpc) is 2.29. The lowest BCUT2D eigenvalue weighted by atomic mass is 10.2. The van der Waals surface area contributed by atoms with Crippen LogP contribution in [0.15, 0.2) is 24.4 Å². The highest BCUT2D eigenvalue weighted by molar-refractivity contribution is 5.62. The van der Waals surface area contributed by atoms with Crippen molar-refractivity contribution in [3.05, 3.63) is 47.2 Å². The lowest BCUT2D eigenvalue weighted by Crippen LogP contribution is -2.01. The number of aryl methyl sites for hydroxylation is 2.